The van der Waals surface area contributed by atoms with Gasteiger partial charge in [-0.15, -0.1) is 35.3 Å². The number of nitrogens with zero attached hydrogens (tertiary/aromatic N) is 3. The Balaban J connectivity index is 0.00000420. The van der Waals surface area contributed by atoms with Gasteiger partial charge in [0.05, 0.1) is 12.2 Å². The van der Waals surface area contributed by atoms with Crippen LogP contribution in [0.2, 0.25) is 5.02 Å². The molecule has 1 aromatic carbocycles. The van der Waals surface area contributed by atoms with E-state index in [1.54, 1.807) is 20.2 Å². The van der Waals surface area contributed by atoms with E-state index in [1.165, 1.54) is 23.5 Å². The predicted molar refractivity (Wildman–Crippen MR) is 123 cm³/mol. The number of ether oxygens (including phenoxy) is 2. The summed E-state index contributed by atoms with van der Waals surface area (Å²) < 4.78 is 35.0. The van der Waals surface area contributed by atoms with Gasteiger partial charge in [-0.1, -0.05) is 11.6 Å². The molecule has 1 heterocycles. The molecule has 0 bridgehead atoms. The Morgan fingerprint density at radius 1 is 1.41 bits per heavy atom. The van der Waals surface area contributed by atoms with Crippen LogP contribution in [0, 0.1) is 0 Å². The highest BCUT2D eigenvalue weighted by atomic mass is 127. The molecule has 0 radical (unpaired) electrons. The smallest absolute Gasteiger partial charge is 0.387 e. The van der Waals surface area contributed by atoms with Crippen molar-refractivity contribution in [3.05, 3.63) is 44.9 Å². The summed E-state index contributed by atoms with van der Waals surface area (Å²) in [6.07, 6.45) is -0.0578. The maximum Gasteiger partial charge on any atom is 0.387 e. The fourth-order valence-electron chi connectivity index (χ4n) is 2.46. The van der Waals surface area contributed by atoms with Crippen molar-refractivity contribution in [3.8, 4) is 5.75 Å². The number of guanidine groups is 1. The van der Waals surface area contributed by atoms with Crippen LogP contribution in [-0.2, 0) is 17.8 Å². The molecule has 0 saturated carbocycles. The SMILES string of the molecule is CN=C(NCc1cc(Cl)ccc1OC(F)F)N(C)Cc1csc(C(C)OC)n1.I. The fourth-order valence-corrected chi connectivity index (χ4v) is 3.49. The molecule has 1 unspecified atom stereocenters. The molecule has 29 heavy (non-hydrogen) atoms. The van der Waals surface area contributed by atoms with E-state index in [-0.39, 0.29) is 42.4 Å². The molecule has 11 heteroatoms. The minimum atomic E-state index is -2.91. The van der Waals surface area contributed by atoms with Crippen LogP contribution >= 0.6 is 46.9 Å². The van der Waals surface area contributed by atoms with Crippen LogP contribution < -0.4 is 10.1 Å². The van der Waals surface area contributed by atoms with E-state index in [0.717, 1.165) is 10.7 Å². The van der Waals surface area contributed by atoms with Gasteiger partial charge in [-0.05, 0) is 25.1 Å². The van der Waals surface area contributed by atoms with E-state index in [1.807, 2.05) is 24.3 Å². The molecule has 2 aromatic rings. The standard InChI is InChI=1S/C18H23ClF2N4O2S.HI/c1-11(26-4)16-24-14(10-28-16)9-25(3)18(22-2)23-8-12-7-13(19)5-6-15(12)27-17(20)21;/h5-7,10-11,17H,8-9H2,1-4H3,(H,22,23);1H. The fraction of sp³-hybridized carbons (Fsp3) is 0.444. The predicted octanol–water partition coefficient (Wildman–Crippen LogP) is 4.93. The maximum atomic E-state index is 12.6. The Morgan fingerprint density at radius 2 is 2.14 bits per heavy atom. The second-order valence-electron chi connectivity index (χ2n) is 5.94. The second-order valence-corrected chi connectivity index (χ2v) is 7.27. The number of rotatable bonds is 8. The number of hydrogen-bond acceptors (Lipinski definition) is 5. The van der Waals surface area contributed by atoms with E-state index >= 15 is 0 Å². The van der Waals surface area contributed by atoms with Gasteiger partial charge < -0.3 is 19.7 Å². The topological polar surface area (TPSA) is 59.0 Å². The second kappa shape index (κ2) is 12.5. The molecule has 0 fully saturated rings. The van der Waals surface area contributed by atoms with Crippen molar-refractivity contribution in [2.45, 2.75) is 32.7 Å². The van der Waals surface area contributed by atoms with E-state index < -0.39 is 6.61 Å². The number of halogens is 4. The van der Waals surface area contributed by atoms with Crippen molar-refractivity contribution in [2.75, 3.05) is 21.2 Å². The lowest BCUT2D eigenvalue weighted by molar-refractivity contribution is -0.0504. The Hall–Kier alpha value is -1.24. The summed E-state index contributed by atoms with van der Waals surface area (Å²) in [6.45, 7) is -0.211. The number of methoxy groups -OCH3 is 1. The summed E-state index contributed by atoms with van der Waals surface area (Å²) in [5.41, 5.74) is 1.39. The number of nitrogens with one attached hydrogen (secondary N) is 1. The number of aromatic nitrogens is 1. The zero-order valence-electron chi connectivity index (χ0n) is 16.5. The molecule has 0 aliphatic rings. The van der Waals surface area contributed by atoms with Gasteiger partial charge in [0.25, 0.3) is 0 Å². The quantitative estimate of drug-likeness (QED) is 0.282. The van der Waals surface area contributed by atoms with Crippen LogP contribution in [0.15, 0.2) is 28.6 Å². The lowest BCUT2D eigenvalue weighted by Gasteiger charge is -2.22. The number of benzene rings is 1. The van der Waals surface area contributed by atoms with Crippen LogP contribution in [0.5, 0.6) is 5.75 Å². The largest absolute Gasteiger partial charge is 0.434 e. The van der Waals surface area contributed by atoms with E-state index in [9.17, 15) is 8.78 Å². The first kappa shape index (κ1) is 25.8. The Kier molecular flexibility index (Phi) is 11.1. The van der Waals surface area contributed by atoms with Crippen LogP contribution in [0.3, 0.4) is 0 Å². The lowest BCUT2D eigenvalue weighted by Crippen LogP contribution is -2.38. The molecular formula is C18H24ClF2IN4O2S. The third kappa shape index (κ3) is 7.83. The first-order chi connectivity index (χ1) is 13.3. The highest BCUT2D eigenvalue weighted by molar-refractivity contribution is 14.0. The van der Waals surface area contributed by atoms with Crippen molar-refractivity contribution < 1.29 is 18.3 Å². The third-order valence-electron chi connectivity index (χ3n) is 3.92. The van der Waals surface area contributed by atoms with E-state index in [4.69, 9.17) is 16.3 Å². The number of aliphatic imine (C=N–C) groups is 1. The molecule has 0 aliphatic carbocycles. The maximum absolute atomic E-state index is 12.6. The summed E-state index contributed by atoms with van der Waals surface area (Å²) >= 11 is 7.52. The molecule has 0 amide bonds. The van der Waals surface area contributed by atoms with Gasteiger partial charge in [-0.2, -0.15) is 8.78 Å². The minimum Gasteiger partial charge on any atom is -0.434 e. The summed E-state index contributed by atoms with van der Waals surface area (Å²) in [5.74, 6) is 0.653. The molecule has 1 N–H and O–H groups in total. The van der Waals surface area contributed by atoms with Gasteiger partial charge in [0.1, 0.15) is 16.9 Å². The van der Waals surface area contributed by atoms with Gasteiger partial charge >= 0.3 is 6.61 Å². The number of thiazole rings is 1. The average Bonchev–Trinajstić information content (AvgIpc) is 3.11. The van der Waals surface area contributed by atoms with Crippen molar-refractivity contribution in [1.82, 2.24) is 15.2 Å². The summed E-state index contributed by atoms with van der Waals surface area (Å²) in [4.78, 5) is 10.7. The molecule has 0 saturated heterocycles. The normalized spacial score (nSPS) is 12.5. The number of alkyl halides is 2. The average molecular weight is 561 g/mol. The minimum absolute atomic E-state index is 0. The van der Waals surface area contributed by atoms with Crippen molar-refractivity contribution in [3.63, 3.8) is 0 Å². The highest BCUT2D eigenvalue weighted by Crippen LogP contribution is 2.25. The highest BCUT2D eigenvalue weighted by Gasteiger charge is 2.14. The summed E-state index contributed by atoms with van der Waals surface area (Å²) in [5, 5.41) is 6.44. The van der Waals surface area contributed by atoms with Crippen LogP contribution in [-0.4, -0.2) is 43.7 Å². The van der Waals surface area contributed by atoms with Gasteiger partial charge in [0.2, 0.25) is 0 Å². The van der Waals surface area contributed by atoms with E-state index in [2.05, 4.69) is 20.0 Å². The molecule has 0 spiro atoms. The Bertz CT molecular complexity index is 810. The van der Waals surface area contributed by atoms with Gasteiger partial charge in [-0.25, -0.2) is 4.98 Å². The van der Waals surface area contributed by atoms with Crippen LogP contribution in [0.1, 0.15) is 29.3 Å². The van der Waals surface area contributed by atoms with Crippen molar-refractivity contribution in [2.24, 2.45) is 4.99 Å². The van der Waals surface area contributed by atoms with Gasteiger partial charge in [0, 0.05) is 43.7 Å². The molecule has 1 atom stereocenters. The lowest BCUT2D eigenvalue weighted by atomic mass is 10.2. The monoisotopic (exact) mass is 560 g/mol. The Morgan fingerprint density at radius 3 is 2.76 bits per heavy atom. The van der Waals surface area contributed by atoms with Crippen molar-refractivity contribution >= 4 is 52.9 Å². The van der Waals surface area contributed by atoms with Gasteiger partial charge in [-0.3, -0.25) is 4.99 Å². The number of hydrogen-bond donors (Lipinski definition) is 1. The van der Waals surface area contributed by atoms with Crippen LogP contribution in [0.25, 0.3) is 0 Å². The van der Waals surface area contributed by atoms with Gasteiger partial charge in [0.15, 0.2) is 5.96 Å². The molecular weight excluding hydrogens is 537 g/mol. The molecule has 6 nitrogen and oxygen atoms in total. The van der Waals surface area contributed by atoms with Crippen molar-refractivity contribution in [1.29, 1.82) is 0 Å². The molecule has 1 aromatic heterocycles. The third-order valence-corrected chi connectivity index (χ3v) is 5.21. The van der Waals surface area contributed by atoms with Crippen LogP contribution in [0.4, 0.5) is 8.78 Å². The molecule has 2 rings (SSSR count). The Labute approximate surface area is 195 Å². The molecule has 162 valence electrons. The first-order valence-corrected chi connectivity index (χ1v) is 9.72. The zero-order chi connectivity index (χ0) is 20.7. The van der Waals surface area contributed by atoms with E-state index in [0.29, 0.717) is 23.1 Å². The summed E-state index contributed by atoms with van der Waals surface area (Å²) in [6, 6.07) is 4.51. The first-order valence-electron chi connectivity index (χ1n) is 8.46. The zero-order valence-corrected chi connectivity index (χ0v) is 20.4. The summed E-state index contributed by atoms with van der Waals surface area (Å²) in [7, 11) is 5.15. The molecule has 0 aliphatic heterocycles.